The number of benzene rings is 1. The largest absolute Gasteiger partial charge is 0.384 e. The number of rotatable bonds is 17. The van der Waals surface area contributed by atoms with E-state index < -0.39 is 70.8 Å². The second-order valence-corrected chi connectivity index (χ2v) is 17.9. The van der Waals surface area contributed by atoms with Crippen LogP contribution in [0.1, 0.15) is 107 Å². The average molecular weight is 937 g/mol. The molecule has 3 saturated heterocycles. The molecule has 21 nitrogen and oxygen atoms in total. The highest BCUT2D eigenvalue weighted by molar-refractivity contribution is 7.77. The van der Waals surface area contributed by atoms with Crippen LogP contribution in [-0.4, -0.2) is 130 Å². The standard InChI is InChI=1S/C42H47F2N11O10S/c43-36(44)35-31(53-20-28(37(45)57)38-47-32(12-15-52(38)53)50-19-26-18-25(50)22-65-26)21-51(49-35)24-8-6-23(7-9-24)40(59)54(66(62)63)14-3-17-64-16-2-13-46-29-5-1-4-27-34(29)42(61)55(41(27)60)30-10-11-33(56)48-39(30)58/h1,4-5,12,15,20-21,23-26,30,36H,2-3,6-11,13-14,16-19,22H2,(H4-,45,46,48,56,57,58,61,62,63)/p+1. The van der Waals surface area contributed by atoms with Crippen LogP contribution in [0, 0.1) is 5.92 Å². The van der Waals surface area contributed by atoms with Crippen molar-refractivity contribution in [2.24, 2.45) is 11.7 Å². The summed E-state index contributed by atoms with van der Waals surface area (Å²) < 4.78 is 68.2. The smallest absolute Gasteiger partial charge is 0.363 e. The molecule has 1 saturated carbocycles. The Bertz CT molecular complexity index is 2630. The summed E-state index contributed by atoms with van der Waals surface area (Å²) in [6.07, 6.45) is 4.74. The van der Waals surface area contributed by atoms with Crippen LogP contribution in [0.15, 0.2) is 42.9 Å². The number of aromatic nitrogens is 5. The second kappa shape index (κ2) is 18.6. The predicted molar refractivity (Wildman–Crippen MR) is 227 cm³/mol. The maximum atomic E-state index is 14.6. The van der Waals surface area contributed by atoms with Crippen LogP contribution in [0.5, 0.6) is 0 Å². The molecule has 9 rings (SSSR count). The quantitative estimate of drug-likeness (QED) is 0.0510. The fourth-order valence-electron chi connectivity index (χ4n) is 9.65. The van der Waals surface area contributed by atoms with Crippen LogP contribution in [-0.2, 0) is 35.1 Å². The lowest BCUT2D eigenvalue weighted by Gasteiger charge is -2.30. The van der Waals surface area contributed by atoms with Crippen LogP contribution in [0.25, 0.3) is 11.3 Å². The Morgan fingerprint density at radius 1 is 1.06 bits per heavy atom. The first-order valence-corrected chi connectivity index (χ1v) is 22.9. The Labute approximate surface area is 377 Å². The number of imide groups is 2. The first-order valence-electron chi connectivity index (χ1n) is 21.9. The van der Waals surface area contributed by atoms with Gasteiger partial charge in [-0.2, -0.15) is 9.78 Å². The van der Waals surface area contributed by atoms with E-state index >= 15 is 0 Å². The molecule has 4 aromatic rings. The predicted octanol–water partition coefficient (Wildman–Crippen LogP) is 1.83. The summed E-state index contributed by atoms with van der Waals surface area (Å²) in [4.78, 5) is 84.3. The number of fused-ring (bicyclic) bond motifs is 4. The van der Waals surface area contributed by atoms with E-state index in [1.54, 1.807) is 24.4 Å². The Morgan fingerprint density at radius 2 is 1.85 bits per heavy atom. The van der Waals surface area contributed by atoms with Crippen LogP contribution in [0.2, 0.25) is 0 Å². The first kappa shape index (κ1) is 44.9. The van der Waals surface area contributed by atoms with E-state index in [-0.39, 0.29) is 85.2 Å². The number of morpholine rings is 1. The van der Waals surface area contributed by atoms with Gasteiger partial charge in [0.15, 0.2) is 11.3 Å². The van der Waals surface area contributed by atoms with E-state index in [0.717, 1.165) is 15.6 Å². The van der Waals surface area contributed by atoms with Gasteiger partial charge in [0, 0.05) is 56.9 Å². The number of ether oxygens (including phenoxy) is 2. The molecule has 1 aliphatic carbocycles. The van der Waals surface area contributed by atoms with E-state index in [0.29, 0.717) is 63.3 Å². The molecule has 3 aromatic heterocycles. The average Bonchev–Trinajstić information content (AvgIpc) is 4.15. The molecule has 2 bridgehead atoms. The molecule has 5 N–H and O–H groups in total. The Balaban J connectivity index is 0.755. The lowest BCUT2D eigenvalue weighted by atomic mass is 9.85. The SMILES string of the molecule is NC(=O)c1cn(-c2cn(C3CCC(C(=O)N(CCCOCCCNc4cccc5c4C(=O)N(C4CCC(=O)NC4=O)C5=O)S(=O)O)CC3)nc2C(F)F)[n+]2ccc(N3CC4CC3CO4)nc12. The molecule has 7 heterocycles. The number of hydrogen-bond acceptors (Lipinski definition) is 13. The molecule has 5 aliphatic rings. The topological polar surface area (TPSA) is 258 Å². The molecule has 4 atom stereocenters. The molecule has 66 heavy (non-hydrogen) atoms. The van der Waals surface area contributed by atoms with Crippen molar-refractivity contribution < 1.29 is 60.3 Å². The lowest BCUT2D eigenvalue weighted by molar-refractivity contribution is -0.600. The third-order valence-corrected chi connectivity index (χ3v) is 13.7. The number of primary amides is 1. The highest BCUT2D eigenvalue weighted by Gasteiger charge is 2.46. The van der Waals surface area contributed by atoms with Crippen LogP contribution in [0.4, 0.5) is 20.3 Å². The van der Waals surface area contributed by atoms with Gasteiger partial charge in [-0.1, -0.05) is 6.07 Å². The van der Waals surface area contributed by atoms with Gasteiger partial charge in [0.1, 0.15) is 17.9 Å². The number of nitrogens with two attached hydrogens (primary N) is 1. The number of piperidine rings is 1. The molecule has 350 valence electrons. The van der Waals surface area contributed by atoms with Crippen molar-refractivity contribution in [3.05, 3.63) is 65.2 Å². The zero-order valence-corrected chi connectivity index (χ0v) is 36.4. The molecule has 24 heteroatoms. The van der Waals surface area contributed by atoms with E-state index in [1.165, 1.54) is 32.3 Å². The zero-order valence-electron chi connectivity index (χ0n) is 35.6. The third-order valence-electron chi connectivity index (χ3n) is 12.9. The summed E-state index contributed by atoms with van der Waals surface area (Å²) in [6, 6.07) is 5.26. The third kappa shape index (κ3) is 8.52. The highest BCUT2D eigenvalue weighted by Crippen LogP contribution is 2.37. The summed E-state index contributed by atoms with van der Waals surface area (Å²) in [5.74, 6) is -3.60. The molecule has 6 amide bonds. The van der Waals surface area contributed by atoms with Gasteiger partial charge >= 0.3 is 5.65 Å². The monoisotopic (exact) mass is 936 g/mol. The van der Waals surface area contributed by atoms with Crippen LogP contribution >= 0.6 is 0 Å². The fourth-order valence-corrected chi connectivity index (χ4v) is 10.2. The van der Waals surface area contributed by atoms with Crippen LogP contribution in [0.3, 0.4) is 0 Å². The molecule has 1 aromatic carbocycles. The van der Waals surface area contributed by atoms with Gasteiger partial charge < -0.3 is 25.4 Å². The summed E-state index contributed by atoms with van der Waals surface area (Å²) in [5.41, 5.74) is 6.23. The van der Waals surface area contributed by atoms with E-state index in [4.69, 9.17) is 20.2 Å². The van der Waals surface area contributed by atoms with Gasteiger partial charge in [-0.25, -0.2) is 17.3 Å². The second-order valence-electron chi connectivity index (χ2n) is 17.0. The zero-order chi connectivity index (χ0) is 46.4. The van der Waals surface area contributed by atoms with E-state index in [2.05, 4.69) is 20.6 Å². The van der Waals surface area contributed by atoms with Crippen molar-refractivity contribution >= 4 is 63.9 Å². The van der Waals surface area contributed by atoms with Gasteiger partial charge in [0.2, 0.25) is 23.5 Å². The highest BCUT2D eigenvalue weighted by atomic mass is 32.2. The fraction of sp³-hybridized carbons (Fsp3) is 0.500. The number of alkyl halides is 2. The Kier molecular flexibility index (Phi) is 12.6. The number of carbonyl (C=O) groups excluding carboxylic acids is 6. The minimum absolute atomic E-state index is 0.0152. The van der Waals surface area contributed by atoms with Gasteiger partial charge in [0.05, 0.1) is 48.3 Å². The summed E-state index contributed by atoms with van der Waals surface area (Å²) in [6.45, 7) is 1.99. The van der Waals surface area contributed by atoms with Crippen molar-refractivity contribution in [2.45, 2.75) is 88.4 Å². The summed E-state index contributed by atoms with van der Waals surface area (Å²) in [5, 5.41) is 9.59. The number of nitrogens with zero attached hydrogens (tertiary/aromatic N) is 8. The Hall–Kier alpha value is -6.24. The first-order chi connectivity index (χ1) is 31.8. The van der Waals surface area contributed by atoms with Crippen LogP contribution < -0.4 is 25.8 Å². The van der Waals surface area contributed by atoms with E-state index in [9.17, 15) is 46.3 Å². The normalized spacial score (nSPS) is 23.2. The minimum Gasteiger partial charge on any atom is -0.384 e. The van der Waals surface area contributed by atoms with Crippen molar-refractivity contribution in [2.75, 3.05) is 49.7 Å². The Morgan fingerprint density at radius 3 is 2.55 bits per heavy atom. The number of amides is 6. The molecular formula is C42H48F2N11O10S+. The molecule has 4 unspecified atom stereocenters. The molecular weight excluding hydrogens is 889 g/mol. The number of halogens is 2. The van der Waals surface area contributed by atoms with Crippen molar-refractivity contribution in [1.82, 2.24) is 34.0 Å². The minimum atomic E-state index is -2.97. The molecule has 0 radical (unpaired) electrons. The maximum Gasteiger partial charge on any atom is 0.363 e. The molecule has 4 aliphatic heterocycles. The number of carbonyl (C=O) groups is 6. The van der Waals surface area contributed by atoms with Gasteiger partial charge in [-0.15, -0.1) is 4.52 Å². The lowest BCUT2D eigenvalue weighted by Crippen LogP contribution is -2.54. The van der Waals surface area contributed by atoms with Gasteiger partial charge in [0.25, 0.3) is 35.4 Å². The number of anilines is 2. The van der Waals surface area contributed by atoms with Gasteiger partial charge in [-0.05, 0) is 68.5 Å². The molecule has 0 spiro atoms. The maximum absolute atomic E-state index is 14.6. The van der Waals surface area contributed by atoms with Crippen molar-refractivity contribution in [1.29, 1.82) is 0 Å². The van der Waals surface area contributed by atoms with Crippen molar-refractivity contribution in [3.8, 4) is 5.69 Å². The summed E-state index contributed by atoms with van der Waals surface area (Å²) in [7, 11) is 0. The van der Waals surface area contributed by atoms with E-state index in [1.807, 2.05) is 0 Å². The van der Waals surface area contributed by atoms with Gasteiger partial charge in [-0.3, -0.25) is 48.2 Å². The van der Waals surface area contributed by atoms with Crippen molar-refractivity contribution in [3.63, 3.8) is 0 Å². The molecule has 4 fully saturated rings. The summed E-state index contributed by atoms with van der Waals surface area (Å²) >= 11 is -2.59. The number of nitrogens with one attached hydrogen (secondary N) is 2. The number of hydrogen-bond donors (Lipinski definition) is 4.